The molecule has 1 atom stereocenters. The summed E-state index contributed by atoms with van der Waals surface area (Å²) in [6.45, 7) is 2.79. The zero-order valence-electron chi connectivity index (χ0n) is 4.85. The standard InChI is InChI=1S/C5H14N2/c1-2-5(7)3-4-6/h5H,2-4,6-7H2,1H3. The fourth-order valence-electron chi connectivity index (χ4n) is 0.418. The van der Waals surface area contributed by atoms with Gasteiger partial charge in [0.15, 0.2) is 0 Å². The zero-order valence-corrected chi connectivity index (χ0v) is 4.85. The van der Waals surface area contributed by atoms with Crippen molar-refractivity contribution in [2.45, 2.75) is 25.8 Å². The second-order valence-corrected chi connectivity index (χ2v) is 1.75. The first-order valence-corrected chi connectivity index (χ1v) is 2.77. The summed E-state index contributed by atoms with van der Waals surface area (Å²) in [6.07, 6.45) is 1.99. The topological polar surface area (TPSA) is 52.0 Å². The lowest BCUT2D eigenvalue weighted by Gasteiger charge is -2.03. The largest absolute Gasteiger partial charge is 0.330 e. The van der Waals surface area contributed by atoms with Gasteiger partial charge in [-0.25, -0.2) is 0 Å². The first-order valence-electron chi connectivity index (χ1n) is 2.77. The highest BCUT2D eigenvalue weighted by atomic mass is 14.6. The van der Waals surface area contributed by atoms with Gasteiger partial charge in [-0.15, -0.1) is 0 Å². The van der Waals surface area contributed by atoms with Crippen LogP contribution >= 0.6 is 0 Å². The maximum atomic E-state index is 5.50. The Labute approximate surface area is 44.9 Å². The van der Waals surface area contributed by atoms with Crippen LogP contribution in [0, 0.1) is 0 Å². The Morgan fingerprint density at radius 1 is 1.57 bits per heavy atom. The van der Waals surface area contributed by atoms with Crippen molar-refractivity contribution in [2.24, 2.45) is 11.5 Å². The summed E-state index contributed by atoms with van der Waals surface area (Å²) in [4.78, 5) is 0. The highest BCUT2D eigenvalue weighted by Gasteiger charge is 1.92. The van der Waals surface area contributed by atoms with Crippen LogP contribution in [0.15, 0.2) is 0 Å². The molecule has 0 saturated heterocycles. The van der Waals surface area contributed by atoms with E-state index >= 15 is 0 Å². The smallest absolute Gasteiger partial charge is 0.00482 e. The molecular weight excluding hydrogens is 88.1 g/mol. The van der Waals surface area contributed by atoms with Gasteiger partial charge in [-0.05, 0) is 19.4 Å². The molecule has 0 aliphatic carbocycles. The summed E-state index contributed by atoms with van der Waals surface area (Å²) in [5, 5.41) is 0. The summed E-state index contributed by atoms with van der Waals surface area (Å²) in [6, 6.07) is 0.324. The lowest BCUT2D eigenvalue weighted by molar-refractivity contribution is 0.604. The Hall–Kier alpha value is -0.0800. The maximum Gasteiger partial charge on any atom is 0.00482 e. The van der Waals surface area contributed by atoms with Crippen LogP contribution in [0.2, 0.25) is 0 Å². The molecule has 44 valence electrons. The van der Waals surface area contributed by atoms with Crippen LogP contribution in [0.5, 0.6) is 0 Å². The van der Waals surface area contributed by atoms with Crippen LogP contribution in [0.1, 0.15) is 19.8 Å². The molecule has 0 spiro atoms. The summed E-state index contributed by atoms with van der Waals surface area (Å²) in [5.74, 6) is 0. The minimum Gasteiger partial charge on any atom is -0.330 e. The molecule has 0 aliphatic rings. The predicted molar refractivity (Wildman–Crippen MR) is 31.9 cm³/mol. The molecule has 0 aromatic rings. The molecule has 0 rings (SSSR count). The molecular formula is C5H14N2. The van der Waals surface area contributed by atoms with Gasteiger partial charge in [0, 0.05) is 6.04 Å². The summed E-state index contributed by atoms with van der Waals surface area (Å²) in [5.41, 5.74) is 10.7. The van der Waals surface area contributed by atoms with E-state index in [1.807, 2.05) is 0 Å². The van der Waals surface area contributed by atoms with Gasteiger partial charge in [0.2, 0.25) is 0 Å². The first kappa shape index (κ1) is 6.92. The summed E-state index contributed by atoms with van der Waals surface area (Å²) >= 11 is 0. The van der Waals surface area contributed by atoms with Gasteiger partial charge in [-0.3, -0.25) is 0 Å². The number of nitrogens with two attached hydrogens (primary N) is 2. The molecule has 0 fully saturated rings. The minimum absolute atomic E-state index is 0.324. The van der Waals surface area contributed by atoms with Crippen molar-refractivity contribution in [1.82, 2.24) is 0 Å². The minimum atomic E-state index is 0.324. The van der Waals surface area contributed by atoms with E-state index < -0.39 is 0 Å². The third-order valence-electron chi connectivity index (χ3n) is 1.06. The van der Waals surface area contributed by atoms with Crippen LogP contribution in [-0.4, -0.2) is 12.6 Å². The predicted octanol–water partition coefficient (Wildman–Crippen LogP) is 0.0725. The average molecular weight is 102 g/mol. The van der Waals surface area contributed by atoms with Gasteiger partial charge in [0.1, 0.15) is 0 Å². The van der Waals surface area contributed by atoms with Crippen LogP contribution in [0.4, 0.5) is 0 Å². The summed E-state index contributed by atoms with van der Waals surface area (Å²) in [7, 11) is 0. The lowest BCUT2D eigenvalue weighted by atomic mass is 10.2. The second-order valence-electron chi connectivity index (χ2n) is 1.75. The van der Waals surface area contributed by atoms with Gasteiger partial charge in [-0.2, -0.15) is 0 Å². The van der Waals surface area contributed by atoms with E-state index in [0.717, 1.165) is 19.4 Å². The Kier molecular flexibility index (Phi) is 4.04. The Bertz CT molecular complexity index is 37.1. The third-order valence-corrected chi connectivity index (χ3v) is 1.06. The molecule has 0 aromatic heterocycles. The fraction of sp³-hybridized carbons (Fsp3) is 1.00. The molecule has 2 nitrogen and oxygen atoms in total. The number of hydrogen-bond donors (Lipinski definition) is 2. The van der Waals surface area contributed by atoms with Gasteiger partial charge in [0.05, 0.1) is 0 Å². The van der Waals surface area contributed by atoms with E-state index in [9.17, 15) is 0 Å². The first-order chi connectivity index (χ1) is 3.31. The molecule has 7 heavy (non-hydrogen) atoms. The van der Waals surface area contributed by atoms with Crippen molar-refractivity contribution in [3.63, 3.8) is 0 Å². The average Bonchev–Trinajstić information content (AvgIpc) is 1.68. The number of hydrogen-bond acceptors (Lipinski definition) is 2. The molecule has 0 saturated carbocycles. The Morgan fingerprint density at radius 3 is 2.29 bits per heavy atom. The quantitative estimate of drug-likeness (QED) is 0.530. The number of rotatable bonds is 3. The van der Waals surface area contributed by atoms with E-state index in [1.54, 1.807) is 0 Å². The highest BCUT2D eigenvalue weighted by Crippen LogP contribution is 1.88. The molecule has 0 radical (unpaired) electrons. The van der Waals surface area contributed by atoms with Gasteiger partial charge < -0.3 is 11.5 Å². The Morgan fingerprint density at radius 2 is 2.14 bits per heavy atom. The molecule has 2 heteroatoms. The Balaban J connectivity index is 2.83. The van der Waals surface area contributed by atoms with Crippen molar-refractivity contribution in [3.05, 3.63) is 0 Å². The van der Waals surface area contributed by atoms with Crippen molar-refractivity contribution in [1.29, 1.82) is 0 Å². The molecule has 0 aliphatic heterocycles. The maximum absolute atomic E-state index is 5.50. The monoisotopic (exact) mass is 102 g/mol. The van der Waals surface area contributed by atoms with Gasteiger partial charge in [-0.1, -0.05) is 6.92 Å². The molecule has 0 aromatic carbocycles. The van der Waals surface area contributed by atoms with E-state index in [0.29, 0.717) is 6.04 Å². The molecule has 4 N–H and O–H groups in total. The lowest BCUT2D eigenvalue weighted by Crippen LogP contribution is -2.22. The fourth-order valence-corrected chi connectivity index (χ4v) is 0.418. The zero-order chi connectivity index (χ0) is 5.70. The third kappa shape index (κ3) is 3.76. The summed E-state index contributed by atoms with van der Waals surface area (Å²) < 4.78 is 0. The molecule has 0 heterocycles. The van der Waals surface area contributed by atoms with Crippen LogP contribution in [0.25, 0.3) is 0 Å². The van der Waals surface area contributed by atoms with E-state index in [1.165, 1.54) is 0 Å². The van der Waals surface area contributed by atoms with Crippen LogP contribution < -0.4 is 11.5 Å². The second kappa shape index (κ2) is 4.09. The normalized spacial score (nSPS) is 14.1. The van der Waals surface area contributed by atoms with Gasteiger partial charge in [0.25, 0.3) is 0 Å². The SMILES string of the molecule is CCC(N)CCN. The molecule has 1 unspecified atom stereocenters. The van der Waals surface area contributed by atoms with Crippen LogP contribution in [0.3, 0.4) is 0 Å². The highest BCUT2D eigenvalue weighted by molar-refractivity contribution is 4.56. The van der Waals surface area contributed by atoms with Crippen LogP contribution in [-0.2, 0) is 0 Å². The van der Waals surface area contributed by atoms with Crippen molar-refractivity contribution in [2.75, 3.05) is 6.54 Å². The van der Waals surface area contributed by atoms with Gasteiger partial charge >= 0.3 is 0 Å². The van der Waals surface area contributed by atoms with E-state index in [4.69, 9.17) is 11.5 Å². The van der Waals surface area contributed by atoms with E-state index in [2.05, 4.69) is 6.92 Å². The van der Waals surface area contributed by atoms with E-state index in [-0.39, 0.29) is 0 Å². The van der Waals surface area contributed by atoms with Crippen molar-refractivity contribution >= 4 is 0 Å². The molecule has 0 bridgehead atoms. The van der Waals surface area contributed by atoms with Crippen molar-refractivity contribution in [3.8, 4) is 0 Å². The molecule has 0 amide bonds. The van der Waals surface area contributed by atoms with Crippen molar-refractivity contribution < 1.29 is 0 Å².